The van der Waals surface area contributed by atoms with Gasteiger partial charge in [-0.2, -0.15) is 0 Å². The number of benzene rings is 1. The Hall–Kier alpha value is -1.82. The maximum absolute atomic E-state index is 3.97. The van der Waals surface area contributed by atoms with Crippen molar-refractivity contribution >= 4 is 5.57 Å². The summed E-state index contributed by atoms with van der Waals surface area (Å²) in [5, 5.41) is 0. The minimum atomic E-state index is 1.06. The molecule has 0 radical (unpaired) electrons. The second kappa shape index (κ2) is 6.70. The molecule has 0 nitrogen and oxygen atoms in total. The molecule has 0 bridgehead atoms. The Labute approximate surface area is 105 Å². The second-order valence-corrected chi connectivity index (χ2v) is 4.01. The zero-order valence-electron chi connectivity index (χ0n) is 10.9. The Balaban J connectivity index is 3.28. The first-order valence-electron chi connectivity index (χ1n) is 5.91. The van der Waals surface area contributed by atoms with Crippen molar-refractivity contribution in [3.63, 3.8) is 0 Å². The Morgan fingerprint density at radius 3 is 2.24 bits per heavy atom. The standard InChI is InChI=1S/C17H20/c1-5-10-15(6-2)17(13-14(3)4)16-11-8-7-9-12-16/h5-13H,3H2,1-2,4H3/b10-5-,15-6+,17-13-. The van der Waals surface area contributed by atoms with Crippen molar-refractivity contribution in [1.29, 1.82) is 0 Å². The third-order valence-electron chi connectivity index (χ3n) is 2.44. The molecular formula is C17H20. The predicted molar refractivity (Wildman–Crippen MR) is 77.8 cm³/mol. The molecule has 0 heterocycles. The van der Waals surface area contributed by atoms with Crippen LogP contribution in [0.4, 0.5) is 0 Å². The van der Waals surface area contributed by atoms with E-state index in [0.717, 1.165) is 5.57 Å². The highest BCUT2D eigenvalue weighted by molar-refractivity contribution is 5.83. The molecule has 1 rings (SSSR count). The van der Waals surface area contributed by atoms with Crippen LogP contribution in [0.5, 0.6) is 0 Å². The zero-order valence-corrected chi connectivity index (χ0v) is 10.9. The van der Waals surface area contributed by atoms with Crippen LogP contribution in [0.15, 0.2) is 72.4 Å². The van der Waals surface area contributed by atoms with E-state index in [1.54, 1.807) is 0 Å². The van der Waals surface area contributed by atoms with Gasteiger partial charge in [-0.05, 0) is 37.5 Å². The fourth-order valence-electron chi connectivity index (χ4n) is 1.72. The first kappa shape index (κ1) is 13.2. The molecule has 0 unspecified atom stereocenters. The normalized spacial score (nSPS) is 13.1. The van der Waals surface area contributed by atoms with E-state index in [1.165, 1.54) is 16.7 Å². The van der Waals surface area contributed by atoms with Crippen LogP contribution in [0.3, 0.4) is 0 Å². The molecular weight excluding hydrogens is 204 g/mol. The number of rotatable bonds is 4. The molecule has 0 amide bonds. The summed E-state index contributed by atoms with van der Waals surface area (Å²) in [7, 11) is 0. The summed E-state index contributed by atoms with van der Waals surface area (Å²) >= 11 is 0. The van der Waals surface area contributed by atoms with Gasteiger partial charge in [0, 0.05) is 0 Å². The predicted octanol–water partition coefficient (Wildman–Crippen LogP) is 5.17. The fraction of sp³-hybridized carbons (Fsp3) is 0.176. The van der Waals surface area contributed by atoms with Crippen molar-refractivity contribution < 1.29 is 0 Å². The highest BCUT2D eigenvalue weighted by Gasteiger charge is 2.04. The largest absolute Gasteiger partial charge is 0.0961 e. The van der Waals surface area contributed by atoms with Gasteiger partial charge in [0.05, 0.1) is 0 Å². The summed E-state index contributed by atoms with van der Waals surface area (Å²) in [6.07, 6.45) is 8.44. The fourth-order valence-corrected chi connectivity index (χ4v) is 1.72. The van der Waals surface area contributed by atoms with Crippen molar-refractivity contribution in [3.05, 3.63) is 77.9 Å². The van der Waals surface area contributed by atoms with E-state index in [9.17, 15) is 0 Å². The van der Waals surface area contributed by atoms with Gasteiger partial charge in [0.1, 0.15) is 0 Å². The number of hydrogen-bond acceptors (Lipinski definition) is 0. The molecule has 1 aromatic rings. The van der Waals surface area contributed by atoms with E-state index in [1.807, 2.05) is 19.9 Å². The summed E-state index contributed by atoms with van der Waals surface area (Å²) in [6.45, 7) is 10.1. The molecule has 0 spiro atoms. The summed E-state index contributed by atoms with van der Waals surface area (Å²) in [4.78, 5) is 0. The van der Waals surface area contributed by atoms with Gasteiger partial charge in [-0.1, -0.05) is 66.8 Å². The average molecular weight is 224 g/mol. The Morgan fingerprint density at radius 1 is 1.12 bits per heavy atom. The SMILES string of the molecule is C=C(C)/C=C(C(/C=C\C)=C/C)\c1ccccc1. The highest BCUT2D eigenvalue weighted by Crippen LogP contribution is 2.25. The second-order valence-electron chi connectivity index (χ2n) is 4.01. The lowest BCUT2D eigenvalue weighted by Gasteiger charge is -2.09. The lowest BCUT2D eigenvalue weighted by molar-refractivity contribution is 1.49. The van der Waals surface area contributed by atoms with Gasteiger partial charge in [-0.3, -0.25) is 0 Å². The highest BCUT2D eigenvalue weighted by atomic mass is 14.1. The van der Waals surface area contributed by atoms with E-state index in [-0.39, 0.29) is 0 Å². The van der Waals surface area contributed by atoms with Gasteiger partial charge in [0.15, 0.2) is 0 Å². The van der Waals surface area contributed by atoms with E-state index < -0.39 is 0 Å². The minimum absolute atomic E-state index is 1.06. The minimum Gasteiger partial charge on any atom is -0.0961 e. The quantitative estimate of drug-likeness (QED) is 0.619. The van der Waals surface area contributed by atoms with Gasteiger partial charge >= 0.3 is 0 Å². The molecule has 88 valence electrons. The van der Waals surface area contributed by atoms with Crippen LogP contribution in [0.2, 0.25) is 0 Å². The molecule has 0 fully saturated rings. The van der Waals surface area contributed by atoms with E-state index >= 15 is 0 Å². The van der Waals surface area contributed by atoms with Crippen LogP contribution in [-0.4, -0.2) is 0 Å². The molecule has 0 aliphatic rings. The average Bonchev–Trinajstić information content (AvgIpc) is 2.34. The molecule has 0 heteroatoms. The van der Waals surface area contributed by atoms with Gasteiger partial charge in [-0.15, -0.1) is 0 Å². The monoisotopic (exact) mass is 224 g/mol. The maximum Gasteiger partial charge on any atom is -0.0112 e. The van der Waals surface area contributed by atoms with Crippen LogP contribution < -0.4 is 0 Å². The molecule has 0 atom stereocenters. The number of hydrogen-bond donors (Lipinski definition) is 0. The Morgan fingerprint density at radius 2 is 1.76 bits per heavy atom. The lowest BCUT2D eigenvalue weighted by Crippen LogP contribution is -1.88. The third-order valence-corrected chi connectivity index (χ3v) is 2.44. The molecule has 0 aliphatic carbocycles. The van der Waals surface area contributed by atoms with Gasteiger partial charge < -0.3 is 0 Å². The van der Waals surface area contributed by atoms with Crippen molar-refractivity contribution in [2.75, 3.05) is 0 Å². The zero-order chi connectivity index (χ0) is 12.7. The Kier molecular flexibility index (Phi) is 5.22. The van der Waals surface area contributed by atoms with Crippen molar-refractivity contribution in [1.82, 2.24) is 0 Å². The molecule has 0 N–H and O–H groups in total. The van der Waals surface area contributed by atoms with Crippen LogP contribution in [-0.2, 0) is 0 Å². The molecule has 0 aliphatic heterocycles. The number of allylic oxidation sites excluding steroid dienone is 7. The van der Waals surface area contributed by atoms with Gasteiger partial charge in [-0.25, -0.2) is 0 Å². The lowest BCUT2D eigenvalue weighted by atomic mass is 9.95. The topological polar surface area (TPSA) is 0 Å². The van der Waals surface area contributed by atoms with Gasteiger partial charge in [0.2, 0.25) is 0 Å². The third kappa shape index (κ3) is 3.92. The smallest absolute Gasteiger partial charge is 0.0112 e. The first-order chi connectivity index (χ1) is 8.19. The first-order valence-corrected chi connectivity index (χ1v) is 5.91. The molecule has 0 saturated heterocycles. The van der Waals surface area contributed by atoms with Crippen molar-refractivity contribution in [2.24, 2.45) is 0 Å². The van der Waals surface area contributed by atoms with Crippen molar-refractivity contribution in [2.45, 2.75) is 20.8 Å². The van der Waals surface area contributed by atoms with E-state index in [0.29, 0.717) is 0 Å². The molecule has 0 saturated carbocycles. The van der Waals surface area contributed by atoms with Crippen molar-refractivity contribution in [3.8, 4) is 0 Å². The molecule has 1 aromatic carbocycles. The molecule has 17 heavy (non-hydrogen) atoms. The van der Waals surface area contributed by atoms with Gasteiger partial charge in [0.25, 0.3) is 0 Å². The Bertz CT molecular complexity index is 456. The van der Waals surface area contributed by atoms with Crippen LogP contribution in [0, 0.1) is 0 Å². The van der Waals surface area contributed by atoms with Crippen LogP contribution in [0.25, 0.3) is 5.57 Å². The summed E-state index contributed by atoms with van der Waals surface area (Å²) < 4.78 is 0. The van der Waals surface area contributed by atoms with E-state index in [2.05, 4.69) is 62.1 Å². The summed E-state index contributed by atoms with van der Waals surface area (Å²) in [6, 6.07) is 10.4. The maximum atomic E-state index is 3.97. The van der Waals surface area contributed by atoms with E-state index in [4.69, 9.17) is 0 Å². The van der Waals surface area contributed by atoms with Crippen LogP contribution >= 0.6 is 0 Å². The molecule has 0 aromatic heterocycles. The summed E-state index contributed by atoms with van der Waals surface area (Å²) in [5.74, 6) is 0. The van der Waals surface area contributed by atoms with Crippen LogP contribution in [0.1, 0.15) is 26.3 Å². The summed E-state index contributed by atoms with van der Waals surface area (Å²) in [5.41, 5.74) is 4.73.